The van der Waals surface area contributed by atoms with Crippen molar-refractivity contribution in [3.05, 3.63) is 41.0 Å². The summed E-state index contributed by atoms with van der Waals surface area (Å²) in [5, 5.41) is 2.09. The van der Waals surface area contributed by atoms with Gasteiger partial charge in [-0.05, 0) is 30.5 Å². The number of benzene rings is 1. The lowest BCUT2D eigenvalue weighted by Gasteiger charge is -2.16. The van der Waals surface area contributed by atoms with E-state index in [1.54, 1.807) is 18.4 Å². The molecule has 2 aromatic heterocycles. The maximum atomic E-state index is 5.32. The average Bonchev–Trinajstić information content (AvgIpc) is 2.98. The summed E-state index contributed by atoms with van der Waals surface area (Å²) in [6.07, 6.45) is 4.25. The molecule has 1 aliphatic carbocycles. The minimum Gasteiger partial charge on any atom is -0.497 e. The molecule has 3 nitrogen and oxygen atoms in total. The molecule has 4 rings (SSSR count). The van der Waals surface area contributed by atoms with E-state index >= 15 is 0 Å². The lowest BCUT2D eigenvalue weighted by molar-refractivity contribution is 0.415. The van der Waals surface area contributed by atoms with E-state index in [2.05, 4.69) is 28.1 Å². The SMILES string of the molecule is COc1ccc2c(c1)-c1nc3sccn3c1CC2. The number of nitrogens with zero attached hydrogens (tertiary/aromatic N) is 2. The van der Waals surface area contributed by atoms with Gasteiger partial charge in [-0.15, -0.1) is 11.3 Å². The molecule has 0 bridgehead atoms. The summed E-state index contributed by atoms with van der Waals surface area (Å²) in [5.74, 6) is 0.901. The van der Waals surface area contributed by atoms with Gasteiger partial charge in [0.1, 0.15) is 5.75 Å². The number of imidazole rings is 1. The van der Waals surface area contributed by atoms with E-state index in [1.807, 2.05) is 6.07 Å². The Bertz CT molecular complexity index is 741. The highest BCUT2D eigenvalue weighted by Crippen LogP contribution is 2.36. The zero-order chi connectivity index (χ0) is 12.1. The third-order valence-electron chi connectivity index (χ3n) is 3.56. The quantitative estimate of drug-likeness (QED) is 0.668. The van der Waals surface area contributed by atoms with Crippen molar-refractivity contribution in [2.45, 2.75) is 12.8 Å². The predicted octanol–water partition coefficient (Wildman–Crippen LogP) is 3.17. The zero-order valence-electron chi connectivity index (χ0n) is 10.0. The van der Waals surface area contributed by atoms with Gasteiger partial charge in [0.25, 0.3) is 0 Å². The number of aryl methyl sites for hydroxylation is 2. The summed E-state index contributed by atoms with van der Waals surface area (Å²) < 4.78 is 7.53. The van der Waals surface area contributed by atoms with E-state index in [-0.39, 0.29) is 0 Å². The summed E-state index contributed by atoms with van der Waals surface area (Å²) in [6, 6.07) is 6.29. The summed E-state index contributed by atoms with van der Waals surface area (Å²) in [4.78, 5) is 5.84. The molecule has 1 aromatic carbocycles. The third kappa shape index (κ3) is 1.26. The number of hydrogen-bond donors (Lipinski definition) is 0. The maximum absolute atomic E-state index is 5.32. The molecule has 0 N–H and O–H groups in total. The first-order valence-electron chi connectivity index (χ1n) is 5.98. The van der Waals surface area contributed by atoms with E-state index < -0.39 is 0 Å². The Morgan fingerprint density at radius 1 is 1.33 bits per heavy atom. The van der Waals surface area contributed by atoms with Crippen LogP contribution in [-0.2, 0) is 12.8 Å². The molecule has 0 atom stereocenters. The van der Waals surface area contributed by atoms with Crippen LogP contribution in [0.4, 0.5) is 0 Å². The van der Waals surface area contributed by atoms with Gasteiger partial charge in [-0.3, -0.25) is 4.40 Å². The Labute approximate surface area is 109 Å². The maximum Gasteiger partial charge on any atom is 0.194 e. The fourth-order valence-corrected chi connectivity index (χ4v) is 3.39. The van der Waals surface area contributed by atoms with Crippen molar-refractivity contribution >= 4 is 16.3 Å². The number of rotatable bonds is 1. The number of aromatic nitrogens is 2. The molecule has 1 aliphatic rings. The standard InChI is InChI=1S/C14H12N2OS/c1-17-10-4-2-9-3-5-12-13(11(9)8-10)15-14-16(12)6-7-18-14/h2,4,6-8H,3,5H2,1H3. The van der Waals surface area contributed by atoms with Crippen molar-refractivity contribution in [1.82, 2.24) is 9.38 Å². The van der Waals surface area contributed by atoms with Crippen LogP contribution in [-0.4, -0.2) is 16.5 Å². The highest BCUT2D eigenvalue weighted by Gasteiger charge is 2.22. The molecule has 0 saturated heterocycles. The van der Waals surface area contributed by atoms with Gasteiger partial charge in [0, 0.05) is 17.1 Å². The van der Waals surface area contributed by atoms with Crippen molar-refractivity contribution in [3.8, 4) is 17.0 Å². The van der Waals surface area contributed by atoms with Gasteiger partial charge >= 0.3 is 0 Å². The molecule has 2 heterocycles. The lowest BCUT2D eigenvalue weighted by atomic mass is 9.92. The molecular weight excluding hydrogens is 244 g/mol. The number of thiazole rings is 1. The second kappa shape index (κ2) is 3.59. The van der Waals surface area contributed by atoms with Crippen molar-refractivity contribution in [1.29, 1.82) is 0 Å². The Morgan fingerprint density at radius 3 is 3.17 bits per heavy atom. The molecular formula is C14H12N2OS. The highest BCUT2D eigenvalue weighted by molar-refractivity contribution is 7.15. The molecule has 3 aromatic rings. The molecule has 0 fully saturated rings. The first-order valence-corrected chi connectivity index (χ1v) is 6.86. The van der Waals surface area contributed by atoms with Gasteiger partial charge < -0.3 is 4.74 Å². The molecule has 18 heavy (non-hydrogen) atoms. The Kier molecular flexibility index (Phi) is 2.02. The highest BCUT2D eigenvalue weighted by atomic mass is 32.1. The van der Waals surface area contributed by atoms with E-state index in [4.69, 9.17) is 9.72 Å². The molecule has 0 amide bonds. The normalized spacial score (nSPS) is 13.4. The number of ether oxygens (including phenoxy) is 1. The topological polar surface area (TPSA) is 26.5 Å². The minimum absolute atomic E-state index is 0.901. The van der Waals surface area contributed by atoms with Crippen molar-refractivity contribution in [2.24, 2.45) is 0 Å². The van der Waals surface area contributed by atoms with Gasteiger partial charge in [-0.1, -0.05) is 6.07 Å². The summed E-state index contributed by atoms with van der Waals surface area (Å²) >= 11 is 1.69. The smallest absolute Gasteiger partial charge is 0.194 e. The number of fused-ring (bicyclic) bond motifs is 5. The Morgan fingerprint density at radius 2 is 2.28 bits per heavy atom. The monoisotopic (exact) mass is 256 g/mol. The van der Waals surface area contributed by atoms with Crippen LogP contribution in [0.5, 0.6) is 5.75 Å². The molecule has 0 aliphatic heterocycles. The average molecular weight is 256 g/mol. The zero-order valence-corrected chi connectivity index (χ0v) is 10.8. The fourth-order valence-electron chi connectivity index (χ4n) is 2.66. The van der Waals surface area contributed by atoms with Gasteiger partial charge in [0.2, 0.25) is 0 Å². The molecule has 0 saturated carbocycles. The van der Waals surface area contributed by atoms with Crippen LogP contribution in [0.15, 0.2) is 29.8 Å². The van der Waals surface area contributed by atoms with E-state index in [0.717, 1.165) is 29.2 Å². The van der Waals surface area contributed by atoms with Crippen LogP contribution in [0, 0.1) is 0 Å². The second-order valence-electron chi connectivity index (χ2n) is 4.49. The Hall–Kier alpha value is -1.81. The largest absolute Gasteiger partial charge is 0.497 e. The molecule has 4 heteroatoms. The Balaban J connectivity index is 2.02. The first-order chi connectivity index (χ1) is 8.86. The molecule has 0 spiro atoms. The summed E-state index contributed by atoms with van der Waals surface area (Å²) in [5.41, 5.74) is 5.05. The van der Waals surface area contributed by atoms with Crippen LogP contribution in [0.1, 0.15) is 11.3 Å². The molecule has 0 radical (unpaired) electrons. The molecule has 90 valence electrons. The van der Waals surface area contributed by atoms with Crippen molar-refractivity contribution in [2.75, 3.05) is 7.11 Å². The van der Waals surface area contributed by atoms with Gasteiger partial charge in [-0.2, -0.15) is 0 Å². The van der Waals surface area contributed by atoms with E-state index in [1.165, 1.54) is 16.8 Å². The van der Waals surface area contributed by atoms with Crippen LogP contribution in [0.25, 0.3) is 16.2 Å². The van der Waals surface area contributed by atoms with Gasteiger partial charge in [0.05, 0.1) is 18.5 Å². The fraction of sp³-hybridized carbons (Fsp3) is 0.214. The predicted molar refractivity (Wildman–Crippen MR) is 72.5 cm³/mol. The minimum atomic E-state index is 0.901. The van der Waals surface area contributed by atoms with Crippen LogP contribution in [0.3, 0.4) is 0 Å². The van der Waals surface area contributed by atoms with E-state index in [9.17, 15) is 0 Å². The van der Waals surface area contributed by atoms with Crippen LogP contribution in [0.2, 0.25) is 0 Å². The van der Waals surface area contributed by atoms with Crippen LogP contribution >= 0.6 is 11.3 Å². The first kappa shape index (κ1) is 10.1. The number of hydrogen-bond acceptors (Lipinski definition) is 3. The third-order valence-corrected chi connectivity index (χ3v) is 4.32. The van der Waals surface area contributed by atoms with Crippen molar-refractivity contribution < 1.29 is 4.74 Å². The summed E-state index contributed by atoms with van der Waals surface area (Å²) in [6.45, 7) is 0. The number of methoxy groups -OCH3 is 1. The summed E-state index contributed by atoms with van der Waals surface area (Å²) in [7, 11) is 1.71. The van der Waals surface area contributed by atoms with Gasteiger partial charge in [-0.25, -0.2) is 4.98 Å². The van der Waals surface area contributed by atoms with E-state index in [0.29, 0.717) is 0 Å². The van der Waals surface area contributed by atoms with Gasteiger partial charge in [0.15, 0.2) is 4.96 Å². The lowest BCUT2D eigenvalue weighted by Crippen LogP contribution is -2.05. The second-order valence-corrected chi connectivity index (χ2v) is 5.36. The van der Waals surface area contributed by atoms with Crippen molar-refractivity contribution in [3.63, 3.8) is 0 Å². The van der Waals surface area contributed by atoms with Crippen LogP contribution < -0.4 is 4.74 Å². The molecule has 0 unspecified atom stereocenters.